The van der Waals surface area contributed by atoms with Crippen molar-refractivity contribution in [1.82, 2.24) is 10.3 Å². The van der Waals surface area contributed by atoms with Crippen LogP contribution in [0, 0.1) is 0 Å². The van der Waals surface area contributed by atoms with Gasteiger partial charge in [0.25, 0.3) is 0 Å². The summed E-state index contributed by atoms with van der Waals surface area (Å²) in [6.07, 6.45) is -1.13. The van der Waals surface area contributed by atoms with E-state index in [1.54, 1.807) is 4.90 Å². The van der Waals surface area contributed by atoms with Crippen LogP contribution >= 0.6 is 0 Å². The molecule has 1 N–H and O–H groups in total. The van der Waals surface area contributed by atoms with Gasteiger partial charge in [0.15, 0.2) is 0 Å². The number of alkyl halides is 3. The Labute approximate surface area is 117 Å². The first kappa shape index (κ1) is 15.1. The zero-order valence-corrected chi connectivity index (χ0v) is 11.7. The van der Waals surface area contributed by atoms with E-state index < -0.39 is 11.7 Å². The van der Waals surface area contributed by atoms with Crippen molar-refractivity contribution in [1.29, 1.82) is 0 Å². The van der Waals surface area contributed by atoms with Gasteiger partial charge in [-0.05, 0) is 25.0 Å². The molecule has 1 fully saturated rings. The highest BCUT2D eigenvalue weighted by Gasteiger charge is 2.38. The normalized spacial score (nSPS) is 19.9. The number of hydrogen-bond acceptors (Lipinski definition) is 3. The van der Waals surface area contributed by atoms with Crippen molar-refractivity contribution in [3.05, 3.63) is 23.9 Å². The summed E-state index contributed by atoms with van der Waals surface area (Å²) in [4.78, 5) is 5.77. The molecule has 0 spiro atoms. The van der Waals surface area contributed by atoms with Crippen LogP contribution in [0.1, 0.15) is 32.3 Å². The summed E-state index contributed by atoms with van der Waals surface area (Å²) in [6.45, 7) is 5.37. The van der Waals surface area contributed by atoms with Gasteiger partial charge in [-0.2, -0.15) is 13.2 Å². The monoisotopic (exact) mass is 287 g/mol. The molecule has 1 unspecified atom stereocenters. The van der Waals surface area contributed by atoms with E-state index >= 15 is 0 Å². The van der Waals surface area contributed by atoms with Gasteiger partial charge >= 0.3 is 6.18 Å². The van der Waals surface area contributed by atoms with Crippen LogP contribution in [0.3, 0.4) is 0 Å². The van der Waals surface area contributed by atoms with Crippen LogP contribution < -0.4 is 10.2 Å². The molecule has 1 aliphatic heterocycles. The van der Waals surface area contributed by atoms with Crippen LogP contribution in [-0.2, 0) is 6.18 Å². The van der Waals surface area contributed by atoms with Gasteiger partial charge in [-0.3, -0.25) is 0 Å². The minimum Gasteiger partial charge on any atom is -0.352 e. The van der Waals surface area contributed by atoms with Crippen LogP contribution in [0.25, 0.3) is 0 Å². The Hall–Kier alpha value is -1.30. The number of pyridine rings is 1. The number of aromatic nitrogens is 1. The molecular formula is C14H20F3N3. The molecule has 0 radical (unpaired) electrons. The molecule has 2 rings (SSSR count). The molecule has 0 bridgehead atoms. The largest absolute Gasteiger partial charge is 0.419 e. The van der Waals surface area contributed by atoms with E-state index in [1.165, 1.54) is 12.3 Å². The SMILES string of the molecule is CC(C)NCC1CCCN1c1ncccc1C(F)(F)F. The molecule has 6 heteroatoms. The minimum atomic E-state index is -4.36. The van der Waals surface area contributed by atoms with Gasteiger partial charge in [-0.1, -0.05) is 13.8 Å². The Kier molecular flexibility index (Phi) is 4.52. The lowest BCUT2D eigenvalue weighted by Gasteiger charge is -2.28. The molecule has 1 aromatic heterocycles. The summed E-state index contributed by atoms with van der Waals surface area (Å²) in [6, 6.07) is 2.84. The Morgan fingerprint density at radius 3 is 2.85 bits per heavy atom. The smallest absolute Gasteiger partial charge is 0.352 e. The summed E-state index contributed by atoms with van der Waals surface area (Å²) < 4.78 is 39.2. The molecule has 0 aliphatic carbocycles. The van der Waals surface area contributed by atoms with Crippen molar-refractivity contribution >= 4 is 5.82 Å². The summed E-state index contributed by atoms with van der Waals surface area (Å²) in [5.41, 5.74) is -0.642. The van der Waals surface area contributed by atoms with Gasteiger partial charge < -0.3 is 10.2 Å². The molecule has 0 aromatic carbocycles. The third-order valence-electron chi connectivity index (χ3n) is 3.50. The van der Waals surface area contributed by atoms with E-state index in [0.717, 1.165) is 18.9 Å². The summed E-state index contributed by atoms with van der Waals surface area (Å²) >= 11 is 0. The predicted octanol–water partition coefficient (Wildman–Crippen LogP) is 3.07. The molecule has 20 heavy (non-hydrogen) atoms. The quantitative estimate of drug-likeness (QED) is 0.922. The molecule has 1 saturated heterocycles. The van der Waals surface area contributed by atoms with Crippen LogP contribution in [0.4, 0.5) is 19.0 Å². The van der Waals surface area contributed by atoms with Gasteiger partial charge in [0, 0.05) is 31.4 Å². The first-order chi connectivity index (χ1) is 9.39. The number of anilines is 1. The summed E-state index contributed by atoms with van der Waals surface area (Å²) in [5.74, 6) is 0.0630. The van der Waals surface area contributed by atoms with Crippen molar-refractivity contribution in [2.24, 2.45) is 0 Å². The van der Waals surface area contributed by atoms with Gasteiger partial charge in [0.05, 0.1) is 5.56 Å². The molecule has 3 nitrogen and oxygen atoms in total. The standard InChI is InChI=1S/C14H20F3N3/c1-10(2)19-9-11-5-4-8-20(11)13-12(14(15,16)17)6-3-7-18-13/h3,6-7,10-11,19H,4-5,8-9H2,1-2H3. The molecule has 1 aromatic rings. The second kappa shape index (κ2) is 5.99. The maximum atomic E-state index is 13.1. The summed E-state index contributed by atoms with van der Waals surface area (Å²) in [7, 11) is 0. The van der Waals surface area contributed by atoms with Crippen LogP contribution in [-0.4, -0.2) is 30.2 Å². The fourth-order valence-corrected chi connectivity index (χ4v) is 2.55. The Morgan fingerprint density at radius 1 is 1.45 bits per heavy atom. The van der Waals surface area contributed by atoms with Crippen molar-refractivity contribution < 1.29 is 13.2 Å². The minimum absolute atomic E-state index is 0.0630. The predicted molar refractivity (Wildman–Crippen MR) is 72.7 cm³/mol. The third-order valence-corrected chi connectivity index (χ3v) is 3.50. The van der Waals surface area contributed by atoms with E-state index in [1.807, 2.05) is 13.8 Å². The van der Waals surface area contributed by atoms with Gasteiger partial charge in [0.1, 0.15) is 5.82 Å². The Balaban J connectivity index is 2.22. The lowest BCUT2D eigenvalue weighted by atomic mass is 10.2. The Bertz CT molecular complexity index is 446. The van der Waals surface area contributed by atoms with Gasteiger partial charge in [-0.15, -0.1) is 0 Å². The fraction of sp³-hybridized carbons (Fsp3) is 0.643. The number of nitrogens with one attached hydrogen (secondary N) is 1. The van der Waals surface area contributed by atoms with Crippen LogP contribution in [0.5, 0.6) is 0 Å². The zero-order chi connectivity index (χ0) is 14.8. The second-order valence-corrected chi connectivity index (χ2v) is 5.42. The van der Waals surface area contributed by atoms with E-state index in [2.05, 4.69) is 10.3 Å². The van der Waals surface area contributed by atoms with Gasteiger partial charge in [-0.25, -0.2) is 4.98 Å². The topological polar surface area (TPSA) is 28.2 Å². The van der Waals surface area contributed by atoms with Crippen molar-refractivity contribution in [2.75, 3.05) is 18.0 Å². The number of rotatable bonds is 4. The average molecular weight is 287 g/mol. The third kappa shape index (κ3) is 3.42. The maximum Gasteiger partial charge on any atom is 0.419 e. The highest BCUT2D eigenvalue weighted by Crippen LogP contribution is 2.37. The number of hydrogen-bond donors (Lipinski definition) is 1. The number of nitrogens with zero attached hydrogens (tertiary/aromatic N) is 2. The van der Waals surface area contributed by atoms with Crippen molar-refractivity contribution in [2.45, 2.75) is 44.9 Å². The maximum absolute atomic E-state index is 13.1. The van der Waals surface area contributed by atoms with E-state index in [9.17, 15) is 13.2 Å². The van der Waals surface area contributed by atoms with E-state index in [-0.39, 0.29) is 11.9 Å². The van der Waals surface area contributed by atoms with E-state index in [4.69, 9.17) is 0 Å². The fourth-order valence-electron chi connectivity index (χ4n) is 2.55. The average Bonchev–Trinajstić information content (AvgIpc) is 2.83. The lowest BCUT2D eigenvalue weighted by molar-refractivity contribution is -0.137. The van der Waals surface area contributed by atoms with Crippen LogP contribution in [0.15, 0.2) is 18.3 Å². The first-order valence-corrected chi connectivity index (χ1v) is 6.92. The van der Waals surface area contributed by atoms with Gasteiger partial charge in [0.2, 0.25) is 0 Å². The number of halogens is 3. The molecule has 1 aliphatic rings. The molecule has 2 heterocycles. The Morgan fingerprint density at radius 2 is 2.20 bits per heavy atom. The van der Waals surface area contributed by atoms with Crippen molar-refractivity contribution in [3.8, 4) is 0 Å². The highest BCUT2D eigenvalue weighted by atomic mass is 19.4. The van der Waals surface area contributed by atoms with E-state index in [0.29, 0.717) is 19.1 Å². The first-order valence-electron chi connectivity index (χ1n) is 6.92. The summed E-state index contributed by atoms with van der Waals surface area (Å²) in [5, 5.41) is 3.29. The molecule has 0 amide bonds. The van der Waals surface area contributed by atoms with Crippen molar-refractivity contribution in [3.63, 3.8) is 0 Å². The second-order valence-electron chi connectivity index (χ2n) is 5.42. The highest BCUT2D eigenvalue weighted by molar-refractivity contribution is 5.50. The molecule has 0 saturated carbocycles. The van der Waals surface area contributed by atoms with Crippen LogP contribution in [0.2, 0.25) is 0 Å². The zero-order valence-electron chi connectivity index (χ0n) is 11.7. The molecule has 112 valence electrons. The lowest BCUT2D eigenvalue weighted by Crippen LogP contribution is -2.41. The molecule has 1 atom stereocenters. The molecular weight excluding hydrogens is 267 g/mol.